The van der Waals surface area contributed by atoms with Crippen molar-refractivity contribution >= 4 is 11.6 Å². The van der Waals surface area contributed by atoms with Crippen LogP contribution in [0.15, 0.2) is 12.3 Å². The normalized spacial score (nSPS) is 22.2. The standard InChI is InChI=1S/C9H10ClFN2/c10-9-8(11)3-7(5-13-9)6-1-2-12-4-6/h3,5-6,12H,1-2,4H2. The van der Waals surface area contributed by atoms with Gasteiger partial charge < -0.3 is 5.32 Å². The van der Waals surface area contributed by atoms with E-state index in [2.05, 4.69) is 10.3 Å². The molecule has 2 heterocycles. The summed E-state index contributed by atoms with van der Waals surface area (Å²) in [6.07, 6.45) is 2.70. The second kappa shape index (κ2) is 3.60. The lowest BCUT2D eigenvalue weighted by Crippen LogP contribution is -2.08. The third kappa shape index (κ3) is 1.81. The van der Waals surface area contributed by atoms with Crippen molar-refractivity contribution < 1.29 is 4.39 Å². The molecule has 0 aliphatic carbocycles. The monoisotopic (exact) mass is 200 g/mol. The van der Waals surface area contributed by atoms with Crippen molar-refractivity contribution in [2.45, 2.75) is 12.3 Å². The van der Waals surface area contributed by atoms with Crippen molar-refractivity contribution in [1.82, 2.24) is 10.3 Å². The van der Waals surface area contributed by atoms with Crippen LogP contribution in [0.25, 0.3) is 0 Å². The Morgan fingerprint density at radius 2 is 2.46 bits per heavy atom. The summed E-state index contributed by atoms with van der Waals surface area (Å²) < 4.78 is 13.0. The van der Waals surface area contributed by atoms with Gasteiger partial charge >= 0.3 is 0 Å². The van der Waals surface area contributed by atoms with Crippen LogP contribution in [0.3, 0.4) is 0 Å². The highest BCUT2D eigenvalue weighted by Crippen LogP contribution is 2.23. The smallest absolute Gasteiger partial charge is 0.164 e. The van der Waals surface area contributed by atoms with Gasteiger partial charge in [-0.05, 0) is 30.5 Å². The number of hydrogen-bond acceptors (Lipinski definition) is 2. The Morgan fingerprint density at radius 1 is 1.62 bits per heavy atom. The molecule has 0 spiro atoms. The van der Waals surface area contributed by atoms with E-state index in [1.54, 1.807) is 6.20 Å². The van der Waals surface area contributed by atoms with Crippen molar-refractivity contribution in [2.24, 2.45) is 0 Å². The molecule has 0 saturated carbocycles. The maximum atomic E-state index is 13.0. The van der Waals surface area contributed by atoms with E-state index in [4.69, 9.17) is 11.6 Å². The molecule has 4 heteroatoms. The molecule has 1 unspecified atom stereocenters. The third-order valence-corrected chi connectivity index (χ3v) is 2.63. The van der Waals surface area contributed by atoms with Crippen LogP contribution in [-0.2, 0) is 0 Å². The summed E-state index contributed by atoms with van der Waals surface area (Å²) in [5.74, 6) is -0.0367. The maximum absolute atomic E-state index is 13.0. The van der Waals surface area contributed by atoms with Gasteiger partial charge in [0, 0.05) is 12.7 Å². The Morgan fingerprint density at radius 3 is 3.08 bits per heavy atom. The first kappa shape index (κ1) is 8.91. The van der Waals surface area contributed by atoms with Crippen LogP contribution in [0.2, 0.25) is 5.15 Å². The Bertz CT molecular complexity index is 310. The van der Waals surface area contributed by atoms with Crippen LogP contribution in [0.4, 0.5) is 4.39 Å². The van der Waals surface area contributed by atoms with Crippen LogP contribution >= 0.6 is 11.6 Å². The van der Waals surface area contributed by atoms with Crippen LogP contribution < -0.4 is 5.32 Å². The van der Waals surface area contributed by atoms with E-state index in [0.29, 0.717) is 5.92 Å². The van der Waals surface area contributed by atoms with Gasteiger partial charge in [-0.3, -0.25) is 0 Å². The topological polar surface area (TPSA) is 24.9 Å². The fourth-order valence-electron chi connectivity index (χ4n) is 1.60. The average molecular weight is 201 g/mol. The molecule has 2 rings (SSSR count). The van der Waals surface area contributed by atoms with Crippen molar-refractivity contribution in [3.8, 4) is 0 Å². The van der Waals surface area contributed by atoms with Crippen molar-refractivity contribution in [2.75, 3.05) is 13.1 Å². The van der Waals surface area contributed by atoms with Gasteiger partial charge in [0.1, 0.15) is 0 Å². The number of halogens is 2. The molecule has 1 aliphatic rings. The molecule has 2 nitrogen and oxygen atoms in total. The summed E-state index contributed by atoms with van der Waals surface area (Å²) in [7, 11) is 0. The molecule has 1 atom stereocenters. The van der Waals surface area contributed by atoms with Gasteiger partial charge in [-0.1, -0.05) is 11.6 Å². The SMILES string of the molecule is Fc1cc(C2CCNC2)cnc1Cl. The molecule has 0 radical (unpaired) electrons. The lowest BCUT2D eigenvalue weighted by molar-refractivity contribution is 0.614. The lowest BCUT2D eigenvalue weighted by atomic mass is 10.0. The Balaban J connectivity index is 2.25. The predicted octanol–water partition coefficient (Wildman–Crippen LogP) is 1.95. The van der Waals surface area contributed by atoms with E-state index in [1.807, 2.05) is 0 Å². The molecule has 1 saturated heterocycles. The van der Waals surface area contributed by atoms with Gasteiger partial charge in [-0.25, -0.2) is 9.37 Å². The van der Waals surface area contributed by atoms with Gasteiger partial charge in [-0.15, -0.1) is 0 Å². The van der Waals surface area contributed by atoms with E-state index in [0.717, 1.165) is 25.1 Å². The molecule has 13 heavy (non-hydrogen) atoms. The number of nitrogens with zero attached hydrogens (tertiary/aromatic N) is 1. The minimum atomic E-state index is -0.425. The number of nitrogens with one attached hydrogen (secondary N) is 1. The van der Waals surface area contributed by atoms with E-state index < -0.39 is 5.82 Å². The maximum Gasteiger partial charge on any atom is 0.164 e. The van der Waals surface area contributed by atoms with Crippen LogP contribution in [0.1, 0.15) is 17.9 Å². The number of pyridine rings is 1. The van der Waals surface area contributed by atoms with Gasteiger partial charge in [0.15, 0.2) is 11.0 Å². The molecule has 1 fully saturated rings. The minimum Gasteiger partial charge on any atom is -0.316 e. The lowest BCUT2D eigenvalue weighted by Gasteiger charge is -2.07. The first-order valence-corrected chi connectivity index (χ1v) is 4.67. The Kier molecular flexibility index (Phi) is 2.47. The van der Waals surface area contributed by atoms with Gasteiger partial charge in [0.25, 0.3) is 0 Å². The largest absolute Gasteiger partial charge is 0.316 e. The van der Waals surface area contributed by atoms with Crippen molar-refractivity contribution in [3.05, 3.63) is 28.8 Å². The molecule has 1 aromatic rings. The van der Waals surface area contributed by atoms with Crippen molar-refractivity contribution in [3.63, 3.8) is 0 Å². The van der Waals surface area contributed by atoms with Crippen molar-refractivity contribution in [1.29, 1.82) is 0 Å². The fourth-order valence-corrected chi connectivity index (χ4v) is 1.70. The van der Waals surface area contributed by atoms with E-state index in [9.17, 15) is 4.39 Å². The Labute approximate surface area is 81.1 Å². The second-order valence-electron chi connectivity index (χ2n) is 3.23. The predicted molar refractivity (Wildman–Crippen MR) is 49.4 cm³/mol. The molecule has 0 aromatic carbocycles. The fraction of sp³-hybridized carbons (Fsp3) is 0.444. The molecule has 1 aliphatic heterocycles. The summed E-state index contributed by atoms with van der Waals surface area (Å²) in [6.45, 7) is 1.90. The minimum absolute atomic E-state index is 0.0466. The molecule has 1 N–H and O–H groups in total. The zero-order valence-electron chi connectivity index (χ0n) is 7.06. The van der Waals surface area contributed by atoms with Gasteiger partial charge in [0.2, 0.25) is 0 Å². The zero-order chi connectivity index (χ0) is 9.26. The van der Waals surface area contributed by atoms with E-state index >= 15 is 0 Å². The van der Waals surface area contributed by atoms with Crippen LogP contribution in [0.5, 0.6) is 0 Å². The number of rotatable bonds is 1. The molecule has 0 bridgehead atoms. The highest BCUT2D eigenvalue weighted by Gasteiger charge is 2.17. The molecule has 1 aromatic heterocycles. The van der Waals surface area contributed by atoms with Gasteiger partial charge in [-0.2, -0.15) is 0 Å². The Hall–Kier alpha value is -0.670. The highest BCUT2D eigenvalue weighted by atomic mass is 35.5. The first-order chi connectivity index (χ1) is 6.27. The summed E-state index contributed by atoms with van der Waals surface area (Å²) in [5, 5.41) is 3.18. The summed E-state index contributed by atoms with van der Waals surface area (Å²) in [5.41, 5.74) is 0.937. The quantitative estimate of drug-likeness (QED) is 0.701. The first-order valence-electron chi connectivity index (χ1n) is 4.29. The highest BCUT2D eigenvalue weighted by molar-refractivity contribution is 6.29. The molecular formula is C9H10ClFN2. The van der Waals surface area contributed by atoms with E-state index in [1.165, 1.54) is 6.07 Å². The third-order valence-electron chi connectivity index (χ3n) is 2.35. The molecule has 0 amide bonds. The molecular weight excluding hydrogens is 191 g/mol. The van der Waals surface area contributed by atoms with E-state index in [-0.39, 0.29) is 5.15 Å². The van der Waals surface area contributed by atoms with Crippen LogP contribution in [-0.4, -0.2) is 18.1 Å². The summed E-state index contributed by atoms with van der Waals surface area (Å²) in [4.78, 5) is 3.79. The van der Waals surface area contributed by atoms with Crippen LogP contribution in [0, 0.1) is 5.82 Å². The van der Waals surface area contributed by atoms with Gasteiger partial charge in [0.05, 0.1) is 0 Å². The zero-order valence-corrected chi connectivity index (χ0v) is 7.81. The second-order valence-corrected chi connectivity index (χ2v) is 3.59. The molecule has 70 valence electrons. The summed E-state index contributed by atoms with van der Waals surface area (Å²) in [6, 6.07) is 1.48. The summed E-state index contributed by atoms with van der Waals surface area (Å²) >= 11 is 5.49. The average Bonchev–Trinajstić information content (AvgIpc) is 2.62. The number of hydrogen-bond donors (Lipinski definition) is 1. The number of aromatic nitrogens is 1.